The lowest BCUT2D eigenvalue weighted by Crippen LogP contribution is -2.51. The molecule has 0 aromatic heterocycles. The number of hydrogen-bond donors (Lipinski definition) is 1. The quantitative estimate of drug-likeness (QED) is 0.316. The van der Waals surface area contributed by atoms with E-state index in [-0.39, 0.29) is 57.0 Å². The lowest BCUT2D eigenvalue weighted by molar-refractivity contribution is -0.141. The molecule has 0 spiro atoms. The van der Waals surface area contributed by atoms with E-state index in [2.05, 4.69) is 5.32 Å². The third-order valence-electron chi connectivity index (χ3n) is 6.76. The lowest BCUT2D eigenvalue weighted by Gasteiger charge is -2.32. The Kier molecular flexibility index (Phi) is 10.1. The summed E-state index contributed by atoms with van der Waals surface area (Å²) in [5.74, 6) is -0.0503. The van der Waals surface area contributed by atoms with Gasteiger partial charge >= 0.3 is 0 Å². The summed E-state index contributed by atoms with van der Waals surface area (Å²) in [5, 5.41) is 2.93. The van der Waals surface area contributed by atoms with Gasteiger partial charge in [-0.15, -0.1) is 0 Å². The van der Waals surface area contributed by atoms with Gasteiger partial charge in [0.2, 0.25) is 28.6 Å². The second-order valence-corrected chi connectivity index (χ2v) is 12.4. The first-order chi connectivity index (χ1) is 20.0. The third-order valence-corrected chi connectivity index (χ3v) is 7.96. The van der Waals surface area contributed by atoms with Crippen molar-refractivity contribution in [1.29, 1.82) is 0 Å². The van der Waals surface area contributed by atoms with Gasteiger partial charge < -0.3 is 19.7 Å². The minimum Gasteiger partial charge on any atom is -0.454 e. The molecule has 9 nitrogen and oxygen atoms in total. The molecule has 0 saturated carbocycles. The standard InChI is InChI=1S/C31H36FN3O6S/c1-22(2)33-31(37)27(18-23-8-5-4-6-9-23)34(20-24-11-13-25(32)14-12-24)30(36)10-7-17-35(42(3,38)39)26-15-16-28-29(19-26)41-21-40-28/h4-6,8-9,11-16,19,22,27H,7,10,17-18,20-21H2,1-3H3,(H,33,37)/t27-/m0/s1. The first-order valence-electron chi connectivity index (χ1n) is 13.8. The fourth-order valence-electron chi connectivity index (χ4n) is 4.77. The molecule has 224 valence electrons. The predicted octanol–water partition coefficient (Wildman–Crippen LogP) is 4.27. The lowest BCUT2D eigenvalue weighted by atomic mass is 10.0. The van der Waals surface area contributed by atoms with E-state index in [4.69, 9.17) is 9.47 Å². The van der Waals surface area contributed by atoms with Gasteiger partial charge in [0.15, 0.2) is 11.5 Å². The molecule has 1 N–H and O–H groups in total. The summed E-state index contributed by atoms with van der Waals surface area (Å²) >= 11 is 0. The van der Waals surface area contributed by atoms with Crippen molar-refractivity contribution in [2.45, 2.75) is 51.7 Å². The summed E-state index contributed by atoms with van der Waals surface area (Å²) in [6.07, 6.45) is 1.56. The SMILES string of the molecule is CC(C)NC(=O)[C@H](Cc1ccccc1)N(Cc1ccc(F)cc1)C(=O)CCCN(c1ccc2c(c1)OCO2)S(C)(=O)=O. The Hall–Kier alpha value is -4.12. The first kappa shape index (κ1) is 30.8. The molecule has 3 aromatic rings. The molecule has 1 aliphatic heterocycles. The Morgan fingerprint density at radius 1 is 0.952 bits per heavy atom. The van der Waals surface area contributed by atoms with Gasteiger partial charge in [0.25, 0.3) is 0 Å². The number of nitrogens with zero attached hydrogens (tertiary/aromatic N) is 2. The first-order valence-corrected chi connectivity index (χ1v) is 15.6. The van der Waals surface area contributed by atoms with E-state index in [9.17, 15) is 22.4 Å². The van der Waals surface area contributed by atoms with Crippen LogP contribution >= 0.6 is 0 Å². The number of hydrogen-bond acceptors (Lipinski definition) is 6. The summed E-state index contributed by atoms with van der Waals surface area (Å²) in [6, 6.07) is 19.1. The number of carbonyl (C=O) groups is 2. The van der Waals surface area contributed by atoms with E-state index in [1.165, 1.54) is 21.3 Å². The zero-order valence-electron chi connectivity index (χ0n) is 24.0. The average Bonchev–Trinajstić information content (AvgIpc) is 3.41. The van der Waals surface area contributed by atoms with Crippen LogP contribution in [0.2, 0.25) is 0 Å². The van der Waals surface area contributed by atoms with Crippen molar-refractivity contribution < 1.29 is 31.9 Å². The van der Waals surface area contributed by atoms with E-state index in [1.807, 2.05) is 44.2 Å². The third kappa shape index (κ3) is 8.22. The minimum absolute atomic E-state index is 0.0159. The maximum absolute atomic E-state index is 13.8. The maximum Gasteiger partial charge on any atom is 0.243 e. The Balaban J connectivity index is 1.57. The van der Waals surface area contributed by atoms with Crippen LogP contribution in [-0.4, -0.2) is 56.8 Å². The van der Waals surface area contributed by atoms with Crippen molar-refractivity contribution in [3.05, 3.63) is 89.7 Å². The summed E-state index contributed by atoms with van der Waals surface area (Å²) in [6.45, 7) is 3.87. The van der Waals surface area contributed by atoms with E-state index in [0.717, 1.165) is 11.8 Å². The second kappa shape index (κ2) is 13.7. The number of carbonyl (C=O) groups excluding carboxylic acids is 2. The molecule has 1 heterocycles. The summed E-state index contributed by atoms with van der Waals surface area (Å²) in [5.41, 5.74) is 1.94. The molecule has 1 atom stereocenters. The molecule has 0 unspecified atom stereocenters. The molecule has 11 heteroatoms. The van der Waals surface area contributed by atoms with Crippen LogP contribution in [0.3, 0.4) is 0 Å². The fraction of sp³-hybridized carbons (Fsp3) is 0.355. The Bertz CT molecular complexity index is 1480. The molecule has 2 amide bonds. The van der Waals surface area contributed by atoms with Crippen molar-refractivity contribution in [3.63, 3.8) is 0 Å². The largest absolute Gasteiger partial charge is 0.454 e. The molecule has 0 aliphatic carbocycles. The van der Waals surface area contributed by atoms with Gasteiger partial charge in [0.1, 0.15) is 11.9 Å². The second-order valence-electron chi connectivity index (χ2n) is 10.5. The summed E-state index contributed by atoms with van der Waals surface area (Å²) in [7, 11) is -3.68. The van der Waals surface area contributed by atoms with Crippen LogP contribution in [0.1, 0.15) is 37.8 Å². The predicted molar refractivity (Wildman–Crippen MR) is 158 cm³/mol. The zero-order chi connectivity index (χ0) is 30.3. The number of sulfonamides is 1. The summed E-state index contributed by atoms with van der Waals surface area (Å²) < 4.78 is 51.0. The molecular formula is C31H36FN3O6S. The maximum atomic E-state index is 13.8. The molecule has 4 rings (SSSR count). The highest BCUT2D eigenvalue weighted by Gasteiger charge is 2.31. The van der Waals surface area contributed by atoms with Crippen LogP contribution in [0.5, 0.6) is 11.5 Å². The highest BCUT2D eigenvalue weighted by Crippen LogP contribution is 2.36. The van der Waals surface area contributed by atoms with E-state index >= 15 is 0 Å². The Morgan fingerprint density at radius 2 is 1.64 bits per heavy atom. The van der Waals surface area contributed by atoms with Crippen molar-refractivity contribution in [2.24, 2.45) is 0 Å². The van der Waals surface area contributed by atoms with Crippen molar-refractivity contribution >= 4 is 27.5 Å². The zero-order valence-corrected chi connectivity index (χ0v) is 24.8. The highest BCUT2D eigenvalue weighted by molar-refractivity contribution is 7.92. The van der Waals surface area contributed by atoms with Gasteiger partial charge in [-0.1, -0.05) is 42.5 Å². The molecule has 1 aliphatic rings. The van der Waals surface area contributed by atoms with Crippen LogP contribution in [0.15, 0.2) is 72.8 Å². The smallest absolute Gasteiger partial charge is 0.243 e. The molecule has 0 bridgehead atoms. The molecule has 0 saturated heterocycles. The van der Waals surface area contributed by atoms with Gasteiger partial charge in [-0.3, -0.25) is 13.9 Å². The summed E-state index contributed by atoms with van der Waals surface area (Å²) in [4.78, 5) is 28.8. The molecule has 0 fully saturated rings. The van der Waals surface area contributed by atoms with Gasteiger partial charge in [-0.05, 0) is 55.7 Å². The molecule has 42 heavy (non-hydrogen) atoms. The van der Waals surface area contributed by atoms with Gasteiger partial charge in [-0.25, -0.2) is 12.8 Å². The van der Waals surface area contributed by atoms with Crippen LogP contribution in [0.25, 0.3) is 0 Å². The molecular weight excluding hydrogens is 561 g/mol. The molecule has 3 aromatic carbocycles. The van der Waals surface area contributed by atoms with E-state index in [1.54, 1.807) is 30.3 Å². The fourth-order valence-corrected chi connectivity index (χ4v) is 5.72. The van der Waals surface area contributed by atoms with Crippen molar-refractivity contribution in [1.82, 2.24) is 10.2 Å². The number of rotatable bonds is 13. The number of amides is 2. The monoisotopic (exact) mass is 597 g/mol. The Labute approximate surface area is 246 Å². The van der Waals surface area contributed by atoms with E-state index < -0.39 is 21.9 Å². The van der Waals surface area contributed by atoms with Gasteiger partial charge in [-0.2, -0.15) is 0 Å². The highest BCUT2D eigenvalue weighted by atomic mass is 32.2. The van der Waals surface area contributed by atoms with Crippen molar-refractivity contribution in [3.8, 4) is 11.5 Å². The number of ether oxygens (including phenoxy) is 2. The van der Waals surface area contributed by atoms with E-state index in [0.29, 0.717) is 22.7 Å². The number of fused-ring (bicyclic) bond motifs is 1. The van der Waals surface area contributed by atoms with Gasteiger partial charge in [0.05, 0.1) is 11.9 Å². The van der Waals surface area contributed by atoms with Crippen molar-refractivity contribution in [2.75, 3.05) is 23.9 Å². The number of anilines is 1. The normalized spacial score (nSPS) is 13.1. The van der Waals surface area contributed by atoms with Gasteiger partial charge in [0, 0.05) is 38.0 Å². The number of benzene rings is 3. The number of halogens is 1. The van der Waals surface area contributed by atoms with Crippen LogP contribution < -0.4 is 19.1 Å². The van der Waals surface area contributed by atoms with Crippen LogP contribution in [-0.2, 0) is 32.6 Å². The molecule has 0 radical (unpaired) electrons. The topological polar surface area (TPSA) is 105 Å². The Morgan fingerprint density at radius 3 is 2.31 bits per heavy atom. The number of nitrogens with one attached hydrogen (secondary N) is 1. The minimum atomic E-state index is -3.68. The van der Waals surface area contributed by atoms with Crippen LogP contribution in [0.4, 0.5) is 10.1 Å². The average molecular weight is 598 g/mol. The van der Waals surface area contributed by atoms with Crippen LogP contribution in [0, 0.1) is 5.82 Å².